The lowest BCUT2D eigenvalue weighted by atomic mass is 10.2. The first-order valence-electron chi connectivity index (χ1n) is 9.15. The summed E-state index contributed by atoms with van der Waals surface area (Å²) in [5.41, 5.74) is 2.31. The average Bonchev–Trinajstić information content (AvgIpc) is 3.13. The van der Waals surface area contributed by atoms with Crippen LogP contribution in [0, 0.1) is 6.92 Å². The number of rotatable bonds is 6. The molecule has 1 N–H and O–H groups in total. The fraction of sp³-hybridized carbons (Fsp3) is 0.190. The van der Waals surface area contributed by atoms with Crippen molar-refractivity contribution in [1.82, 2.24) is 9.78 Å². The van der Waals surface area contributed by atoms with E-state index in [-0.39, 0.29) is 6.10 Å². The first kappa shape index (κ1) is 19.1. The topological polar surface area (TPSA) is 82.5 Å². The maximum atomic E-state index is 12.3. The van der Waals surface area contributed by atoms with Gasteiger partial charge in [0, 0.05) is 6.20 Å². The second-order valence-corrected chi connectivity index (χ2v) is 8.38. The lowest BCUT2D eigenvalue weighted by Crippen LogP contribution is -2.33. The summed E-state index contributed by atoms with van der Waals surface area (Å²) in [6, 6.07) is 15.1. The zero-order valence-electron chi connectivity index (χ0n) is 15.9. The van der Waals surface area contributed by atoms with Gasteiger partial charge in [0.25, 0.3) is 10.0 Å². The number of nitrogens with zero attached hydrogens (tertiary/aromatic N) is 2. The lowest BCUT2D eigenvalue weighted by molar-refractivity contribution is 0.0759. The molecule has 1 unspecified atom stereocenters. The van der Waals surface area contributed by atoms with Crippen molar-refractivity contribution in [1.29, 1.82) is 0 Å². The molecule has 7 nitrogen and oxygen atoms in total. The third-order valence-corrected chi connectivity index (χ3v) is 5.38. The molecular formula is C21H21N3O4S. The molecule has 150 valence electrons. The summed E-state index contributed by atoms with van der Waals surface area (Å²) >= 11 is 0. The van der Waals surface area contributed by atoms with E-state index >= 15 is 0 Å². The molecule has 0 aliphatic carbocycles. The van der Waals surface area contributed by atoms with Crippen LogP contribution in [0.2, 0.25) is 0 Å². The standard InChI is InChI=1S/C21H21N3O4S/c1-16-6-8-17(9-7-16)10-11-29(25,26)23-18-12-22-24(13-18)14-19-15-27-20-4-2-3-5-21(20)28-19/h2-13,19,23H,14-15H2,1H3/b11-10+. The van der Waals surface area contributed by atoms with Gasteiger partial charge in [0.15, 0.2) is 17.6 Å². The molecule has 0 saturated heterocycles. The Labute approximate surface area is 169 Å². The van der Waals surface area contributed by atoms with E-state index in [0.717, 1.165) is 22.3 Å². The highest BCUT2D eigenvalue weighted by molar-refractivity contribution is 7.95. The van der Waals surface area contributed by atoms with Gasteiger partial charge >= 0.3 is 0 Å². The SMILES string of the molecule is Cc1ccc(/C=C/S(=O)(=O)Nc2cnn(CC3COc4ccccc4O3)c2)cc1. The van der Waals surface area contributed by atoms with E-state index in [1.54, 1.807) is 17.0 Å². The van der Waals surface area contributed by atoms with Crippen LogP contribution in [0.5, 0.6) is 11.5 Å². The molecule has 1 atom stereocenters. The molecule has 0 spiro atoms. The number of hydrogen-bond acceptors (Lipinski definition) is 5. The Balaban J connectivity index is 1.37. The number of aryl methyl sites for hydroxylation is 1. The molecule has 0 amide bonds. The summed E-state index contributed by atoms with van der Waals surface area (Å²) in [7, 11) is -3.64. The minimum atomic E-state index is -3.64. The van der Waals surface area contributed by atoms with Crippen LogP contribution in [0.3, 0.4) is 0 Å². The molecule has 1 aliphatic heterocycles. The van der Waals surface area contributed by atoms with Gasteiger partial charge in [-0.25, -0.2) is 8.42 Å². The van der Waals surface area contributed by atoms with Gasteiger partial charge in [-0.15, -0.1) is 0 Å². The van der Waals surface area contributed by atoms with E-state index in [1.165, 1.54) is 6.20 Å². The molecule has 8 heteroatoms. The summed E-state index contributed by atoms with van der Waals surface area (Å²) in [5, 5.41) is 5.35. The van der Waals surface area contributed by atoms with Crippen LogP contribution in [0.4, 0.5) is 5.69 Å². The van der Waals surface area contributed by atoms with Crippen LogP contribution in [0.25, 0.3) is 6.08 Å². The van der Waals surface area contributed by atoms with E-state index in [2.05, 4.69) is 9.82 Å². The Kier molecular flexibility index (Phi) is 5.26. The van der Waals surface area contributed by atoms with Crippen molar-refractivity contribution in [2.75, 3.05) is 11.3 Å². The second-order valence-electron chi connectivity index (χ2n) is 6.81. The van der Waals surface area contributed by atoms with Crippen molar-refractivity contribution in [2.45, 2.75) is 19.6 Å². The molecule has 2 heterocycles. The van der Waals surface area contributed by atoms with E-state index in [9.17, 15) is 8.42 Å². The summed E-state index contributed by atoms with van der Waals surface area (Å²) in [4.78, 5) is 0. The largest absolute Gasteiger partial charge is 0.486 e. The maximum absolute atomic E-state index is 12.3. The lowest BCUT2D eigenvalue weighted by Gasteiger charge is -2.26. The Morgan fingerprint density at radius 1 is 1.17 bits per heavy atom. The summed E-state index contributed by atoms with van der Waals surface area (Å²) in [6.07, 6.45) is 4.43. The summed E-state index contributed by atoms with van der Waals surface area (Å²) in [5.74, 6) is 1.41. The number of fused-ring (bicyclic) bond motifs is 1. The van der Waals surface area contributed by atoms with Gasteiger partial charge in [0.05, 0.1) is 23.8 Å². The minimum Gasteiger partial charge on any atom is -0.486 e. The first-order chi connectivity index (χ1) is 14.0. The number of ether oxygens (including phenoxy) is 2. The number of nitrogens with one attached hydrogen (secondary N) is 1. The Morgan fingerprint density at radius 3 is 2.72 bits per heavy atom. The van der Waals surface area contributed by atoms with Gasteiger partial charge in [-0.3, -0.25) is 9.40 Å². The Hall–Kier alpha value is -3.26. The van der Waals surface area contributed by atoms with Gasteiger partial charge < -0.3 is 9.47 Å². The van der Waals surface area contributed by atoms with Gasteiger partial charge in [-0.05, 0) is 30.7 Å². The molecule has 0 radical (unpaired) electrons. The predicted octanol–water partition coefficient (Wildman–Crippen LogP) is 3.44. The van der Waals surface area contributed by atoms with Crippen molar-refractivity contribution >= 4 is 21.8 Å². The molecule has 0 bridgehead atoms. The fourth-order valence-electron chi connectivity index (χ4n) is 2.92. The van der Waals surface area contributed by atoms with E-state index in [1.807, 2.05) is 55.5 Å². The molecule has 2 aromatic carbocycles. The zero-order chi connectivity index (χ0) is 20.3. The highest BCUT2D eigenvalue weighted by atomic mass is 32.2. The van der Waals surface area contributed by atoms with Crippen LogP contribution >= 0.6 is 0 Å². The van der Waals surface area contributed by atoms with Crippen LogP contribution < -0.4 is 14.2 Å². The number of para-hydroxylation sites is 2. The monoisotopic (exact) mass is 411 g/mol. The molecule has 3 aromatic rings. The fourth-order valence-corrected chi connectivity index (χ4v) is 3.76. The third-order valence-electron chi connectivity index (χ3n) is 4.37. The van der Waals surface area contributed by atoms with Gasteiger partial charge in [-0.2, -0.15) is 5.10 Å². The highest BCUT2D eigenvalue weighted by Crippen LogP contribution is 2.31. The van der Waals surface area contributed by atoms with Crippen LogP contribution in [-0.2, 0) is 16.6 Å². The predicted molar refractivity (Wildman–Crippen MR) is 111 cm³/mol. The Morgan fingerprint density at radius 2 is 1.93 bits per heavy atom. The molecule has 0 saturated carbocycles. The normalized spacial score (nSPS) is 16.1. The van der Waals surface area contributed by atoms with Crippen LogP contribution in [0.1, 0.15) is 11.1 Å². The number of sulfonamides is 1. The van der Waals surface area contributed by atoms with Gasteiger partial charge in [-0.1, -0.05) is 42.0 Å². The van der Waals surface area contributed by atoms with Gasteiger partial charge in [0.2, 0.25) is 0 Å². The number of aromatic nitrogens is 2. The second kappa shape index (κ2) is 8.00. The van der Waals surface area contributed by atoms with E-state index in [0.29, 0.717) is 24.6 Å². The quantitative estimate of drug-likeness (QED) is 0.672. The molecule has 1 aromatic heterocycles. The molecule has 0 fully saturated rings. The summed E-state index contributed by atoms with van der Waals surface area (Å²) < 4.78 is 40.3. The average molecular weight is 411 g/mol. The van der Waals surface area contributed by atoms with Crippen molar-refractivity contribution < 1.29 is 17.9 Å². The smallest absolute Gasteiger partial charge is 0.255 e. The van der Waals surface area contributed by atoms with Gasteiger partial charge in [0.1, 0.15) is 6.61 Å². The van der Waals surface area contributed by atoms with Crippen molar-refractivity contribution in [3.63, 3.8) is 0 Å². The van der Waals surface area contributed by atoms with Crippen molar-refractivity contribution in [2.24, 2.45) is 0 Å². The Bertz CT molecular complexity index is 1120. The van der Waals surface area contributed by atoms with E-state index in [4.69, 9.17) is 9.47 Å². The summed E-state index contributed by atoms with van der Waals surface area (Å²) in [6.45, 7) is 2.82. The van der Waals surface area contributed by atoms with Crippen molar-refractivity contribution in [3.8, 4) is 11.5 Å². The maximum Gasteiger partial charge on any atom is 0.255 e. The minimum absolute atomic E-state index is 0.212. The molecule has 1 aliphatic rings. The molecule has 4 rings (SSSR count). The van der Waals surface area contributed by atoms with Crippen LogP contribution in [-0.4, -0.2) is 30.9 Å². The molecular weight excluding hydrogens is 390 g/mol. The number of benzene rings is 2. The number of anilines is 1. The molecule has 29 heavy (non-hydrogen) atoms. The third kappa shape index (κ3) is 4.97. The first-order valence-corrected chi connectivity index (χ1v) is 10.7. The van der Waals surface area contributed by atoms with Crippen molar-refractivity contribution in [3.05, 3.63) is 77.5 Å². The highest BCUT2D eigenvalue weighted by Gasteiger charge is 2.21. The van der Waals surface area contributed by atoms with Crippen LogP contribution in [0.15, 0.2) is 66.3 Å². The zero-order valence-corrected chi connectivity index (χ0v) is 16.7. The van der Waals surface area contributed by atoms with E-state index < -0.39 is 10.0 Å². The number of hydrogen-bond donors (Lipinski definition) is 1.